The van der Waals surface area contributed by atoms with Gasteiger partial charge in [0.15, 0.2) is 6.27 Å². The summed E-state index contributed by atoms with van der Waals surface area (Å²) in [6.07, 6.45) is -5.06. The van der Waals surface area contributed by atoms with Crippen LogP contribution < -0.4 is 5.32 Å². The topological polar surface area (TPSA) is 176 Å². The van der Waals surface area contributed by atoms with Gasteiger partial charge in [0.05, 0.1) is 19.6 Å². The third-order valence-corrected chi connectivity index (χ3v) is 2.52. The second kappa shape index (κ2) is 6.78. The number of azide groups is 2. The second-order valence-corrected chi connectivity index (χ2v) is 3.78. The summed E-state index contributed by atoms with van der Waals surface area (Å²) in [6, 6.07) is -2.65. The highest BCUT2D eigenvalue weighted by atomic mass is 16.6. The molecular weight excluding hydrogens is 258 g/mol. The van der Waals surface area contributed by atoms with Crippen LogP contribution in [0.2, 0.25) is 0 Å². The van der Waals surface area contributed by atoms with Crippen LogP contribution in [-0.4, -0.2) is 53.2 Å². The van der Waals surface area contributed by atoms with Gasteiger partial charge in [0.2, 0.25) is 5.91 Å². The van der Waals surface area contributed by atoms with Crippen LogP contribution in [0, 0.1) is 0 Å². The molecule has 1 amide bonds. The fourth-order valence-corrected chi connectivity index (χ4v) is 1.64. The van der Waals surface area contributed by atoms with Crippen LogP contribution in [0.1, 0.15) is 8.29 Å². The molecule has 19 heavy (non-hydrogen) atoms. The van der Waals surface area contributed by atoms with Gasteiger partial charge in [-0.2, -0.15) is 0 Å². The second-order valence-electron chi connectivity index (χ2n) is 3.78. The van der Waals surface area contributed by atoms with Gasteiger partial charge in [-0.05, 0) is 18.0 Å². The van der Waals surface area contributed by atoms with Crippen LogP contribution in [0.4, 0.5) is 0 Å². The van der Waals surface area contributed by atoms with Gasteiger partial charge in [0.1, 0.15) is 12.6 Å². The molecule has 1 heterocycles. The summed E-state index contributed by atoms with van der Waals surface area (Å²) in [6.45, 7) is 0.831. The summed E-state index contributed by atoms with van der Waals surface area (Å²) in [5.74, 6) is -0.824. The van der Waals surface area contributed by atoms with Crippen molar-refractivity contribution in [3.63, 3.8) is 0 Å². The first-order valence-electron chi connectivity index (χ1n) is 5.76. The Balaban J connectivity index is 2.92. The first-order valence-corrected chi connectivity index (χ1v) is 5.26. The zero-order valence-corrected chi connectivity index (χ0v) is 9.91. The van der Waals surface area contributed by atoms with Crippen molar-refractivity contribution in [1.29, 1.82) is 0 Å². The Kier molecular flexibility index (Phi) is 4.78. The van der Waals surface area contributed by atoms with Crippen molar-refractivity contribution < 1.29 is 21.1 Å². The lowest BCUT2D eigenvalue weighted by molar-refractivity contribution is -0.210. The Bertz CT molecular complexity index is 473. The van der Waals surface area contributed by atoms with Gasteiger partial charge in [-0.1, -0.05) is 10.2 Å². The van der Waals surface area contributed by atoms with Crippen molar-refractivity contribution in [1.82, 2.24) is 5.32 Å². The zero-order valence-electron chi connectivity index (χ0n) is 10.9. The number of hydrogen-bond acceptors (Lipinski definition) is 6. The van der Waals surface area contributed by atoms with Crippen LogP contribution >= 0.6 is 0 Å². The quantitative estimate of drug-likeness (QED) is 0.357. The average molecular weight is 272 g/mol. The minimum Gasteiger partial charge on any atom is -0.390 e. The Labute approximate surface area is 108 Å². The molecule has 3 N–H and O–H groups in total. The number of nitrogens with zero attached hydrogens (tertiary/aromatic N) is 6. The van der Waals surface area contributed by atoms with E-state index in [-0.39, 0.29) is 0 Å². The predicted molar refractivity (Wildman–Crippen MR) is 61.4 cm³/mol. The van der Waals surface area contributed by atoms with Crippen molar-refractivity contribution in [3.8, 4) is 0 Å². The molecule has 1 aliphatic heterocycles. The van der Waals surface area contributed by atoms with Crippen LogP contribution in [0.25, 0.3) is 20.9 Å². The first kappa shape index (κ1) is 13.4. The molecule has 0 saturated carbocycles. The number of carbonyl (C=O) groups is 1. The molecule has 11 heteroatoms. The Morgan fingerprint density at radius 2 is 2.21 bits per heavy atom. The summed E-state index contributed by atoms with van der Waals surface area (Å²) in [5, 5.41) is 28.2. The number of ether oxygens (including phenoxy) is 1. The average Bonchev–Trinajstić information content (AvgIpc) is 2.36. The van der Waals surface area contributed by atoms with Crippen LogP contribution in [0.3, 0.4) is 0 Å². The molecule has 1 fully saturated rings. The maximum absolute atomic E-state index is 11.4. The normalized spacial score (nSPS) is 38.4. The molecule has 0 aromatic rings. The molecule has 0 spiro atoms. The summed E-state index contributed by atoms with van der Waals surface area (Å²) >= 11 is 0. The number of amides is 1. The van der Waals surface area contributed by atoms with Gasteiger partial charge in [-0.3, -0.25) is 4.79 Å². The number of hydrogen-bond donors (Lipinski definition) is 3. The third-order valence-electron chi connectivity index (χ3n) is 2.52. The first-order chi connectivity index (χ1) is 9.33. The molecule has 1 rings (SSSR count). The molecule has 0 radical (unpaired) electrons. The third kappa shape index (κ3) is 3.71. The van der Waals surface area contributed by atoms with Crippen LogP contribution in [-0.2, 0) is 9.53 Å². The fourth-order valence-electron chi connectivity index (χ4n) is 1.64. The fraction of sp³-hybridized carbons (Fsp3) is 0.875. The monoisotopic (exact) mass is 272 g/mol. The lowest BCUT2D eigenvalue weighted by Gasteiger charge is -2.40. The van der Waals surface area contributed by atoms with E-state index >= 15 is 0 Å². The van der Waals surface area contributed by atoms with Gasteiger partial charge in [0, 0.05) is 9.82 Å². The molecule has 11 nitrogen and oxygen atoms in total. The zero-order chi connectivity index (χ0) is 15.3. The summed E-state index contributed by atoms with van der Waals surface area (Å²) in [7, 11) is 0. The van der Waals surface area contributed by atoms with Gasteiger partial charge < -0.3 is 20.3 Å². The summed E-state index contributed by atoms with van der Waals surface area (Å²) < 4.78 is 12.5. The minimum absolute atomic E-state index is 0.572. The highest BCUT2D eigenvalue weighted by Crippen LogP contribution is 2.22. The number of nitrogens with one attached hydrogen (secondary N) is 1. The highest BCUT2D eigenvalue weighted by molar-refractivity contribution is 5.78. The Morgan fingerprint density at radius 3 is 2.79 bits per heavy atom. The van der Waals surface area contributed by atoms with Crippen molar-refractivity contribution in [2.45, 2.75) is 37.5 Å². The Hall–Kier alpha value is -2.03. The van der Waals surface area contributed by atoms with Crippen molar-refractivity contribution in [3.05, 3.63) is 20.9 Å². The smallest absolute Gasteiger partial charge is 0.226 e. The summed E-state index contributed by atoms with van der Waals surface area (Å²) in [5.41, 5.74) is 16.5. The molecule has 104 valence electrons. The van der Waals surface area contributed by atoms with Gasteiger partial charge >= 0.3 is 0 Å². The van der Waals surface area contributed by atoms with E-state index in [1.165, 1.54) is 6.92 Å². The Morgan fingerprint density at radius 1 is 1.53 bits per heavy atom. The molecule has 0 aromatic carbocycles. The molecule has 1 unspecified atom stereocenters. The van der Waals surface area contributed by atoms with Gasteiger partial charge in [0.25, 0.3) is 0 Å². The van der Waals surface area contributed by atoms with E-state index in [9.17, 15) is 15.0 Å². The van der Waals surface area contributed by atoms with Gasteiger partial charge in [-0.15, -0.1) is 0 Å². The summed E-state index contributed by atoms with van der Waals surface area (Å²) in [4.78, 5) is 16.3. The molecule has 0 aliphatic carbocycles. The lowest BCUT2D eigenvalue weighted by atomic mass is 9.96. The minimum atomic E-state index is -2.60. The number of aliphatic hydroxyl groups excluding tert-OH is 1. The molecule has 1 saturated heterocycles. The predicted octanol–water partition coefficient (Wildman–Crippen LogP) is -0.442. The maximum atomic E-state index is 11.4. The van der Waals surface area contributed by atoms with E-state index in [4.69, 9.17) is 17.2 Å². The van der Waals surface area contributed by atoms with Crippen LogP contribution in [0.15, 0.2) is 10.2 Å². The van der Waals surface area contributed by atoms with E-state index in [1.54, 1.807) is 0 Å². The van der Waals surface area contributed by atoms with E-state index in [0.717, 1.165) is 0 Å². The molecule has 0 aromatic heterocycles. The van der Waals surface area contributed by atoms with Crippen molar-refractivity contribution in [2.75, 3.05) is 6.54 Å². The van der Waals surface area contributed by atoms with Crippen molar-refractivity contribution in [2.24, 2.45) is 10.2 Å². The molecular formula is C8H13N7O4. The van der Waals surface area contributed by atoms with E-state index in [1.807, 2.05) is 0 Å². The van der Waals surface area contributed by atoms with E-state index in [0.29, 0.717) is 0 Å². The number of aliphatic hydroxyl groups is 2. The highest BCUT2D eigenvalue weighted by Gasteiger charge is 2.43. The lowest BCUT2D eigenvalue weighted by Crippen LogP contribution is -2.62. The van der Waals surface area contributed by atoms with E-state index in [2.05, 4.69) is 25.4 Å². The van der Waals surface area contributed by atoms with E-state index < -0.39 is 43.0 Å². The maximum Gasteiger partial charge on any atom is 0.226 e. The molecule has 0 bridgehead atoms. The molecule has 1 aliphatic rings. The standard InChI is InChI=1S/C8H13N7O4/c1-3-5(13-15-10)7(17)6(8(18)19-3)12-4(16)2-11-14-9/h3,5-8,17-18H,2H2,1H3,(H,12,16)/t3-,5-,6+,7+,8?/m1/s1/i8D. The number of rotatable bonds is 4. The SMILES string of the molecule is [2H]C1(O)O[C@H](C)[C@@H](N=[N+]=[N-])[C@H](O)[C@@H]1NC(=O)CN=[N+]=[N-]. The largest absolute Gasteiger partial charge is 0.390 e. The molecule has 5 atom stereocenters. The van der Waals surface area contributed by atoms with Crippen molar-refractivity contribution >= 4 is 5.91 Å². The number of carbonyl (C=O) groups excluding carboxylic acids is 1. The van der Waals surface area contributed by atoms with Crippen LogP contribution in [0.5, 0.6) is 0 Å². The van der Waals surface area contributed by atoms with Gasteiger partial charge in [-0.25, -0.2) is 0 Å².